The van der Waals surface area contributed by atoms with Crippen LogP contribution in [0.5, 0.6) is 0 Å². The second-order valence-electron chi connectivity index (χ2n) is 4.50. The number of aromatic nitrogens is 2. The smallest absolute Gasteiger partial charge is 0.188 e. The average molecular weight is 196 g/mol. The molecule has 1 aliphatic rings. The van der Waals surface area contributed by atoms with Gasteiger partial charge in [0.15, 0.2) is 5.79 Å². The molecule has 1 aliphatic heterocycles. The first-order valence-electron chi connectivity index (χ1n) is 4.86. The van der Waals surface area contributed by atoms with Gasteiger partial charge in [-0.1, -0.05) is 13.8 Å². The van der Waals surface area contributed by atoms with Crippen molar-refractivity contribution in [2.75, 3.05) is 6.61 Å². The van der Waals surface area contributed by atoms with Gasteiger partial charge in [0.25, 0.3) is 0 Å². The maximum Gasteiger partial charge on any atom is 0.188 e. The van der Waals surface area contributed by atoms with Gasteiger partial charge in [-0.15, -0.1) is 0 Å². The summed E-state index contributed by atoms with van der Waals surface area (Å²) in [7, 11) is 0. The molecule has 1 saturated heterocycles. The molecule has 1 unspecified atom stereocenters. The van der Waals surface area contributed by atoms with Gasteiger partial charge in [0.05, 0.1) is 19.5 Å². The fourth-order valence-corrected chi connectivity index (χ4v) is 1.75. The van der Waals surface area contributed by atoms with E-state index in [0.29, 0.717) is 13.2 Å². The lowest BCUT2D eigenvalue weighted by Gasteiger charge is -2.34. The van der Waals surface area contributed by atoms with Gasteiger partial charge in [0.2, 0.25) is 0 Å². The summed E-state index contributed by atoms with van der Waals surface area (Å²) in [4.78, 5) is 3.94. The van der Waals surface area contributed by atoms with Gasteiger partial charge in [-0.05, 0) is 6.42 Å². The minimum atomic E-state index is -1.06. The largest absolute Gasteiger partial charge is 0.364 e. The van der Waals surface area contributed by atoms with Crippen LogP contribution in [0.3, 0.4) is 0 Å². The Morgan fingerprint density at radius 3 is 2.86 bits per heavy atom. The number of nitrogens with zero attached hydrogens (tertiary/aromatic N) is 2. The molecule has 4 nitrogen and oxygen atoms in total. The van der Waals surface area contributed by atoms with Gasteiger partial charge in [0.1, 0.15) is 0 Å². The Morgan fingerprint density at radius 2 is 2.36 bits per heavy atom. The third kappa shape index (κ3) is 1.44. The topological polar surface area (TPSA) is 47.3 Å². The van der Waals surface area contributed by atoms with Gasteiger partial charge >= 0.3 is 0 Å². The molecule has 1 N–H and O–H groups in total. The van der Waals surface area contributed by atoms with Crippen LogP contribution < -0.4 is 0 Å². The lowest BCUT2D eigenvalue weighted by Crippen LogP contribution is -2.44. The molecule has 78 valence electrons. The Bertz CT molecular complexity index is 308. The molecule has 4 heteroatoms. The quantitative estimate of drug-likeness (QED) is 0.768. The average Bonchev–Trinajstić information content (AvgIpc) is 2.63. The van der Waals surface area contributed by atoms with Crippen molar-refractivity contribution in [3.63, 3.8) is 0 Å². The van der Waals surface area contributed by atoms with E-state index in [1.807, 2.05) is 24.6 Å². The fourth-order valence-electron chi connectivity index (χ4n) is 1.75. The molecule has 1 fully saturated rings. The van der Waals surface area contributed by atoms with Gasteiger partial charge in [0, 0.05) is 17.8 Å². The molecular formula is C10H16N2O2. The van der Waals surface area contributed by atoms with Crippen molar-refractivity contribution in [3.8, 4) is 0 Å². The van der Waals surface area contributed by atoms with E-state index in [0.717, 1.165) is 6.42 Å². The standard InChI is InChI=1S/C10H16N2O2/c1-9(2)3-6-14-10(9,13)7-12-5-4-11-8-12/h4-5,8,13H,3,6-7H2,1-2H3. The van der Waals surface area contributed by atoms with Crippen LogP contribution in [0.1, 0.15) is 20.3 Å². The first kappa shape index (κ1) is 9.68. The zero-order valence-electron chi connectivity index (χ0n) is 8.60. The Kier molecular flexibility index (Phi) is 2.12. The van der Waals surface area contributed by atoms with Crippen LogP contribution in [-0.2, 0) is 11.3 Å². The van der Waals surface area contributed by atoms with Gasteiger partial charge in [-0.2, -0.15) is 0 Å². The lowest BCUT2D eigenvalue weighted by molar-refractivity contribution is -0.227. The molecule has 0 aromatic carbocycles. The van der Waals surface area contributed by atoms with Crippen molar-refractivity contribution in [1.29, 1.82) is 0 Å². The van der Waals surface area contributed by atoms with E-state index in [1.165, 1.54) is 0 Å². The van der Waals surface area contributed by atoms with Crippen molar-refractivity contribution in [1.82, 2.24) is 9.55 Å². The van der Waals surface area contributed by atoms with Gasteiger partial charge in [-0.3, -0.25) is 0 Å². The Labute approximate surface area is 83.5 Å². The summed E-state index contributed by atoms with van der Waals surface area (Å²) in [5.74, 6) is -1.06. The maximum absolute atomic E-state index is 10.3. The molecule has 0 spiro atoms. The molecular weight excluding hydrogens is 180 g/mol. The number of rotatable bonds is 2. The normalized spacial score (nSPS) is 30.8. The minimum absolute atomic E-state index is 0.197. The highest BCUT2D eigenvalue weighted by Gasteiger charge is 2.49. The number of imidazole rings is 1. The first-order chi connectivity index (χ1) is 6.54. The zero-order valence-corrected chi connectivity index (χ0v) is 8.60. The molecule has 1 atom stereocenters. The molecule has 2 heterocycles. The van der Waals surface area contributed by atoms with Crippen molar-refractivity contribution < 1.29 is 9.84 Å². The van der Waals surface area contributed by atoms with Gasteiger partial charge in [-0.25, -0.2) is 4.98 Å². The van der Waals surface area contributed by atoms with Crippen molar-refractivity contribution >= 4 is 0 Å². The lowest BCUT2D eigenvalue weighted by atomic mass is 9.82. The highest BCUT2D eigenvalue weighted by Crippen LogP contribution is 2.42. The molecule has 1 aromatic rings. The summed E-state index contributed by atoms with van der Waals surface area (Å²) in [6, 6.07) is 0. The second kappa shape index (κ2) is 3.07. The molecule has 0 amide bonds. The zero-order chi connectivity index (χ0) is 10.2. The number of ether oxygens (including phenoxy) is 1. The van der Waals surface area contributed by atoms with Gasteiger partial charge < -0.3 is 14.4 Å². The Balaban J connectivity index is 2.17. The summed E-state index contributed by atoms with van der Waals surface area (Å²) in [6.45, 7) is 5.12. The monoisotopic (exact) mass is 196 g/mol. The Hall–Kier alpha value is -0.870. The first-order valence-corrected chi connectivity index (χ1v) is 4.86. The summed E-state index contributed by atoms with van der Waals surface area (Å²) in [5, 5.41) is 10.3. The molecule has 0 saturated carbocycles. The third-order valence-corrected chi connectivity index (χ3v) is 3.08. The van der Waals surface area contributed by atoms with E-state index in [-0.39, 0.29) is 5.41 Å². The summed E-state index contributed by atoms with van der Waals surface area (Å²) < 4.78 is 7.28. The molecule has 0 radical (unpaired) electrons. The third-order valence-electron chi connectivity index (χ3n) is 3.08. The van der Waals surface area contributed by atoms with E-state index >= 15 is 0 Å². The molecule has 2 rings (SSSR count). The van der Waals surface area contributed by atoms with E-state index in [4.69, 9.17) is 4.74 Å². The van der Waals surface area contributed by atoms with E-state index in [2.05, 4.69) is 4.98 Å². The molecule has 14 heavy (non-hydrogen) atoms. The highest BCUT2D eigenvalue weighted by atomic mass is 16.6. The van der Waals surface area contributed by atoms with Crippen LogP contribution in [0.15, 0.2) is 18.7 Å². The summed E-state index contributed by atoms with van der Waals surface area (Å²) in [5.41, 5.74) is -0.197. The van der Waals surface area contributed by atoms with Crippen molar-refractivity contribution in [2.45, 2.75) is 32.6 Å². The van der Waals surface area contributed by atoms with E-state index < -0.39 is 5.79 Å². The van der Waals surface area contributed by atoms with Crippen LogP contribution in [0.2, 0.25) is 0 Å². The highest BCUT2D eigenvalue weighted by molar-refractivity contribution is 4.92. The number of aliphatic hydroxyl groups is 1. The minimum Gasteiger partial charge on any atom is -0.364 e. The SMILES string of the molecule is CC1(C)CCOC1(O)Cn1ccnc1. The van der Waals surface area contributed by atoms with E-state index in [9.17, 15) is 5.11 Å². The predicted octanol–water partition coefficient (Wildman–Crippen LogP) is 1.02. The number of hydrogen-bond donors (Lipinski definition) is 1. The number of hydrogen-bond acceptors (Lipinski definition) is 3. The van der Waals surface area contributed by atoms with Crippen LogP contribution in [0.4, 0.5) is 0 Å². The van der Waals surface area contributed by atoms with Crippen molar-refractivity contribution in [3.05, 3.63) is 18.7 Å². The summed E-state index contributed by atoms with van der Waals surface area (Å²) in [6.07, 6.45) is 6.11. The fraction of sp³-hybridized carbons (Fsp3) is 0.700. The maximum atomic E-state index is 10.3. The van der Waals surface area contributed by atoms with E-state index in [1.54, 1.807) is 12.5 Å². The second-order valence-corrected chi connectivity index (χ2v) is 4.50. The van der Waals surface area contributed by atoms with Crippen molar-refractivity contribution in [2.24, 2.45) is 5.41 Å². The van der Waals surface area contributed by atoms with Crippen LogP contribution in [-0.4, -0.2) is 27.1 Å². The van der Waals surface area contributed by atoms with Crippen LogP contribution >= 0.6 is 0 Å². The molecule has 0 aliphatic carbocycles. The Morgan fingerprint density at radius 1 is 1.57 bits per heavy atom. The molecule has 0 bridgehead atoms. The predicted molar refractivity (Wildman–Crippen MR) is 51.5 cm³/mol. The summed E-state index contributed by atoms with van der Waals surface area (Å²) >= 11 is 0. The van der Waals surface area contributed by atoms with Crippen LogP contribution in [0.25, 0.3) is 0 Å². The molecule has 1 aromatic heterocycles. The van der Waals surface area contributed by atoms with Crippen LogP contribution in [0, 0.1) is 5.41 Å².